The second kappa shape index (κ2) is 10.0. The average Bonchev–Trinajstić information content (AvgIpc) is 3.36. The molecule has 0 saturated heterocycles. The van der Waals surface area contributed by atoms with Crippen LogP contribution in [0.5, 0.6) is 0 Å². The van der Waals surface area contributed by atoms with E-state index in [9.17, 15) is 22.8 Å². The normalized spacial score (nSPS) is 11.4. The molecule has 3 rings (SSSR count). The van der Waals surface area contributed by atoms with Crippen molar-refractivity contribution in [1.82, 2.24) is 4.98 Å². The van der Waals surface area contributed by atoms with Crippen LogP contribution in [0.25, 0.3) is 10.4 Å². The lowest BCUT2D eigenvalue weighted by atomic mass is 10.1. The second-order valence-electron chi connectivity index (χ2n) is 5.90. The van der Waals surface area contributed by atoms with Crippen molar-refractivity contribution in [3.63, 3.8) is 0 Å². The van der Waals surface area contributed by atoms with Crippen molar-refractivity contribution in [2.24, 2.45) is 0 Å². The van der Waals surface area contributed by atoms with Gasteiger partial charge in [0.05, 0.1) is 22.9 Å². The highest BCUT2D eigenvalue weighted by Crippen LogP contribution is 2.38. The maximum Gasteiger partial charge on any atom is 0.417 e. The number of aromatic nitrogens is 1. The first-order chi connectivity index (χ1) is 14.7. The minimum absolute atomic E-state index is 0.0980. The number of thiophene rings is 2. The molecule has 5 nitrogen and oxygen atoms in total. The van der Waals surface area contributed by atoms with Gasteiger partial charge < -0.3 is 10.1 Å². The Bertz CT molecular complexity index is 1090. The molecule has 1 N–H and O–H groups in total. The minimum Gasteiger partial charge on any atom is -0.462 e. The predicted octanol–water partition coefficient (Wildman–Crippen LogP) is 6.45. The van der Waals surface area contributed by atoms with Gasteiger partial charge in [0.1, 0.15) is 15.6 Å². The van der Waals surface area contributed by atoms with E-state index in [-0.39, 0.29) is 28.0 Å². The van der Waals surface area contributed by atoms with Crippen LogP contribution in [-0.4, -0.2) is 29.2 Å². The Balaban J connectivity index is 1.73. The summed E-state index contributed by atoms with van der Waals surface area (Å²) in [5, 5.41) is 6.53. The molecule has 0 spiro atoms. The van der Waals surface area contributed by atoms with Crippen molar-refractivity contribution < 1.29 is 27.5 Å². The van der Waals surface area contributed by atoms with Crippen molar-refractivity contribution in [1.29, 1.82) is 0 Å². The Morgan fingerprint density at radius 2 is 2.10 bits per heavy atom. The van der Waals surface area contributed by atoms with Crippen LogP contribution in [0.15, 0.2) is 40.2 Å². The number of esters is 1. The lowest BCUT2D eigenvalue weighted by Crippen LogP contribution is -2.16. The Kier molecular flexibility index (Phi) is 7.63. The molecule has 0 aliphatic heterocycles. The molecule has 0 aromatic carbocycles. The van der Waals surface area contributed by atoms with Crippen molar-refractivity contribution in [2.75, 3.05) is 17.7 Å². The van der Waals surface area contributed by atoms with E-state index in [0.29, 0.717) is 16.8 Å². The van der Waals surface area contributed by atoms with E-state index in [1.165, 1.54) is 22.7 Å². The van der Waals surface area contributed by atoms with Gasteiger partial charge in [-0.3, -0.25) is 4.79 Å². The monoisotopic (exact) mass is 506 g/mol. The molecule has 164 valence electrons. The molecule has 0 fully saturated rings. The van der Waals surface area contributed by atoms with Crippen LogP contribution in [0.1, 0.15) is 22.8 Å². The van der Waals surface area contributed by atoms with Crippen LogP contribution in [0.4, 0.5) is 18.2 Å². The Hall–Kier alpha value is -2.08. The van der Waals surface area contributed by atoms with Gasteiger partial charge in [0.25, 0.3) is 0 Å². The Morgan fingerprint density at radius 1 is 1.32 bits per heavy atom. The smallest absolute Gasteiger partial charge is 0.417 e. The summed E-state index contributed by atoms with van der Waals surface area (Å²) < 4.78 is 43.3. The molecule has 1 amide bonds. The van der Waals surface area contributed by atoms with Crippen LogP contribution in [0, 0.1) is 0 Å². The number of thioether (sulfide) groups is 1. The lowest BCUT2D eigenvalue weighted by Gasteiger charge is -2.10. The standard InChI is InChI=1S/C19H14ClF3N2O3S3/c1-2-28-18(27)15-11(13-4-3-5-29-13)8-30-17(15)25-14(26)9-31-16-12(20)6-10(7-24-16)19(21,22)23/h3-8H,2,9H2,1H3,(H,25,26). The third-order valence-corrected chi connectivity index (χ3v) is 6.99. The van der Waals surface area contributed by atoms with E-state index in [4.69, 9.17) is 16.3 Å². The predicted molar refractivity (Wildman–Crippen MR) is 117 cm³/mol. The number of rotatable bonds is 7. The summed E-state index contributed by atoms with van der Waals surface area (Å²) >= 11 is 9.39. The fourth-order valence-corrected chi connectivity index (χ4v) is 5.23. The number of ether oxygens (including phenoxy) is 1. The molecule has 0 unspecified atom stereocenters. The SMILES string of the molecule is CCOC(=O)c1c(-c2cccs2)csc1NC(=O)CSc1ncc(C(F)(F)F)cc1Cl. The van der Waals surface area contributed by atoms with Crippen LogP contribution in [-0.2, 0) is 15.7 Å². The van der Waals surface area contributed by atoms with E-state index < -0.39 is 23.6 Å². The first-order valence-electron chi connectivity index (χ1n) is 8.68. The number of pyridine rings is 1. The summed E-state index contributed by atoms with van der Waals surface area (Å²) in [4.78, 5) is 29.4. The van der Waals surface area contributed by atoms with Gasteiger partial charge in [0.2, 0.25) is 5.91 Å². The molecule has 0 atom stereocenters. The van der Waals surface area contributed by atoms with Crippen molar-refractivity contribution >= 4 is 62.9 Å². The molecule has 3 heterocycles. The summed E-state index contributed by atoms with van der Waals surface area (Å²) in [5.74, 6) is -1.18. The minimum atomic E-state index is -4.56. The number of carbonyl (C=O) groups excluding carboxylic acids is 2. The maximum atomic E-state index is 12.7. The topological polar surface area (TPSA) is 68.3 Å². The Labute approximate surface area is 192 Å². The zero-order valence-corrected chi connectivity index (χ0v) is 19.0. The summed E-state index contributed by atoms with van der Waals surface area (Å²) in [6, 6.07) is 4.47. The zero-order chi connectivity index (χ0) is 22.6. The lowest BCUT2D eigenvalue weighted by molar-refractivity contribution is -0.137. The van der Waals surface area contributed by atoms with Gasteiger partial charge >= 0.3 is 12.1 Å². The van der Waals surface area contributed by atoms with Crippen LogP contribution in [0.2, 0.25) is 5.02 Å². The molecule has 0 saturated carbocycles. The molecule has 0 aliphatic rings. The van der Waals surface area contributed by atoms with Crippen molar-refractivity contribution in [3.8, 4) is 10.4 Å². The number of amides is 1. The number of hydrogen-bond donors (Lipinski definition) is 1. The highest BCUT2D eigenvalue weighted by atomic mass is 35.5. The molecule has 3 aromatic heterocycles. The van der Waals surface area contributed by atoms with Gasteiger partial charge in [-0.15, -0.1) is 22.7 Å². The van der Waals surface area contributed by atoms with Crippen LogP contribution < -0.4 is 5.32 Å². The number of alkyl halides is 3. The van der Waals surface area contributed by atoms with Gasteiger partial charge in [-0.25, -0.2) is 9.78 Å². The van der Waals surface area contributed by atoms with E-state index in [1.54, 1.807) is 12.3 Å². The Morgan fingerprint density at radius 3 is 2.71 bits per heavy atom. The van der Waals surface area contributed by atoms with E-state index in [1.807, 2.05) is 17.5 Å². The number of anilines is 1. The van der Waals surface area contributed by atoms with Gasteiger partial charge in [0.15, 0.2) is 0 Å². The fraction of sp³-hybridized carbons (Fsp3) is 0.211. The molecule has 0 radical (unpaired) electrons. The third kappa shape index (κ3) is 5.79. The number of hydrogen-bond acceptors (Lipinski definition) is 7. The molecule has 31 heavy (non-hydrogen) atoms. The largest absolute Gasteiger partial charge is 0.462 e. The van der Waals surface area contributed by atoms with Gasteiger partial charge in [-0.05, 0) is 24.4 Å². The number of nitrogens with one attached hydrogen (secondary N) is 1. The number of carbonyl (C=O) groups is 2. The van der Waals surface area contributed by atoms with Gasteiger partial charge in [-0.2, -0.15) is 13.2 Å². The molecule has 0 aliphatic carbocycles. The van der Waals surface area contributed by atoms with Gasteiger partial charge in [0, 0.05) is 22.0 Å². The highest BCUT2D eigenvalue weighted by molar-refractivity contribution is 8.00. The summed E-state index contributed by atoms with van der Waals surface area (Å²) in [7, 11) is 0. The summed E-state index contributed by atoms with van der Waals surface area (Å²) in [6.07, 6.45) is -3.89. The molecule has 12 heteroatoms. The molecule has 3 aromatic rings. The van der Waals surface area contributed by atoms with Crippen molar-refractivity contribution in [3.05, 3.63) is 51.3 Å². The van der Waals surface area contributed by atoms with Crippen LogP contribution in [0.3, 0.4) is 0 Å². The first kappa shape index (κ1) is 23.6. The second-order valence-corrected chi connectivity index (χ2v) is 9.10. The fourth-order valence-electron chi connectivity index (χ4n) is 2.45. The quantitative estimate of drug-likeness (QED) is 0.294. The van der Waals surface area contributed by atoms with Crippen LogP contribution >= 0.6 is 46.0 Å². The average molecular weight is 507 g/mol. The van der Waals surface area contributed by atoms with E-state index in [2.05, 4.69) is 10.3 Å². The highest BCUT2D eigenvalue weighted by Gasteiger charge is 2.31. The molecular weight excluding hydrogens is 493 g/mol. The maximum absolute atomic E-state index is 12.7. The first-order valence-corrected chi connectivity index (χ1v) is 11.8. The number of nitrogens with zero attached hydrogens (tertiary/aromatic N) is 1. The van der Waals surface area contributed by atoms with Crippen molar-refractivity contribution in [2.45, 2.75) is 18.1 Å². The molecular formula is C19H14ClF3N2O3S3. The summed E-state index contributed by atoms with van der Waals surface area (Å²) in [5.41, 5.74) is -0.0442. The van der Waals surface area contributed by atoms with E-state index in [0.717, 1.165) is 22.7 Å². The third-order valence-electron chi connectivity index (χ3n) is 3.78. The summed E-state index contributed by atoms with van der Waals surface area (Å²) in [6.45, 7) is 1.87. The van der Waals surface area contributed by atoms with Gasteiger partial charge in [-0.1, -0.05) is 29.4 Å². The van der Waals surface area contributed by atoms with E-state index >= 15 is 0 Å². The molecule has 0 bridgehead atoms. The zero-order valence-electron chi connectivity index (χ0n) is 15.8. The number of halogens is 4.